The maximum absolute atomic E-state index is 2.85. The molecule has 256 valence electrons. The van der Waals surface area contributed by atoms with Crippen molar-refractivity contribution in [3.8, 4) is 33.6 Å². The second-order valence-corrected chi connectivity index (χ2v) is 18.7. The van der Waals surface area contributed by atoms with Crippen LogP contribution in [0.2, 0.25) is 0 Å². The molecule has 2 aliphatic heterocycles. The quantitative estimate of drug-likeness (QED) is 0.165. The molecule has 2 heteroatoms. The summed E-state index contributed by atoms with van der Waals surface area (Å²) < 4.78 is 5.57. The number of rotatable bonds is 2. The SMILES string of the molecule is CCC12Cc3ccc(cc3)-c3ccc(c1c3)-c1cc3c(c[n+]1C2C1C[n+]2cc4c(cc2-c2ccccc21)C1CCC4CC1)C(C)(C)CCC3(C)C. The molecule has 8 aliphatic rings. The van der Waals surface area contributed by atoms with Crippen molar-refractivity contribution in [2.45, 2.75) is 133 Å². The van der Waals surface area contributed by atoms with E-state index in [1.165, 1.54) is 77.7 Å². The lowest BCUT2D eigenvalue weighted by Crippen LogP contribution is -2.62. The highest BCUT2D eigenvalue weighted by molar-refractivity contribution is 5.75. The summed E-state index contributed by atoms with van der Waals surface area (Å²) in [7, 11) is 0. The molecule has 6 aliphatic carbocycles. The molecule has 13 rings (SSSR count). The molecular weight excluding hydrogens is 617 g/mol. The Kier molecular flexibility index (Phi) is 6.18. The van der Waals surface area contributed by atoms with E-state index in [0.29, 0.717) is 5.92 Å². The number of fused-ring (bicyclic) bond motifs is 10. The number of pyridine rings is 2. The highest BCUT2D eigenvalue weighted by Gasteiger charge is 2.58. The van der Waals surface area contributed by atoms with Crippen molar-refractivity contribution >= 4 is 0 Å². The van der Waals surface area contributed by atoms with Crippen LogP contribution in [0.25, 0.3) is 33.6 Å². The molecule has 4 heterocycles. The van der Waals surface area contributed by atoms with Crippen molar-refractivity contribution < 1.29 is 9.13 Å². The lowest BCUT2D eigenvalue weighted by atomic mass is 9.58. The smallest absolute Gasteiger partial charge is 0.197 e. The summed E-state index contributed by atoms with van der Waals surface area (Å²) in [4.78, 5) is 0. The van der Waals surface area contributed by atoms with Crippen molar-refractivity contribution in [1.29, 1.82) is 0 Å². The summed E-state index contributed by atoms with van der Waals surface area (Å²) in [6, 6.07) is 32.2. The van der Waals surface area contributed by atoms with Crippen LogP contribution in [0.5, 0.6) is 0 Å². The molecule has 1 fully saturated rings. The third kappa shape index (κ3) is 4.11. The van der Waals surface area contributed by atoms with Crippen molar-refractivity contribution in [1.82, 2.24) is 0 Å². The molecule has 2 aromatic heterocycles. The minimum Gasteiger partial charge on any atom is -0.197 e. The minimum atomic E-state index is -0.0709. The van der Waals surface area contributed by atoms with Gasteiger partial charge in [0.25, 0.3) is 0 Å². The van der Waals surface area contributed by atoms with Gasteiger partial charge in [-0.1, -0.05) is 83.1 Å². The van der Waals surface area contributed by atoms with Gasteiger partial charge in [0, 0.05) is 23.3 Å². The molecule has 3 atom stereocenters. The van der Waals surface area contributed by atoms with Gasteiger partial charge >= 0.3 is 0 Å². The lowest BCUT2D eigenvalue weighted by Gasteiger charge is -2.47. The van der Waals surface area contributed by atoms with E-state index in [1.807, 2.05) is 0 Å². The summed E-state index contributed by atoms with van der Waals surface area (Å²) in [5.74, 6) is 1.82. The average Bonchev–Trinajstić information content (AvgIpc) is 3.24. The molecule has 1 saturated carbocycles. The summed E-state index contributed by atoms with van der Waals surface area (Å²) in [5, 5.41) is 0. The Morgan fingerprint density at radius 3 is 2.10 bits per heavy atom. The van der Waals surface area contributed by atoms with Crippen LogP contribution in [0.1, 0.15) is 142 Å². The predicted octanol–water partition coefficient (Wildman–Crippen LogP) is 10.9. The maximum Gasteiger partial charge on any atom is 0.213 e. The largest absolute Gasteiger partial charge is 0.213 e. The molecule has 0 saturated heterocycles. The third-order valence-electron chi connectivity index (χ3n) is 15.3. The van der Waals surface area contributed by atoms with Gasteiger partial charge in [0.05, 0.1) is 16.5 Å². The minimum absolute atomic E-state index is 0.0709. The van der Waals surface area contributed by atoms with Crippen molar-refractivity contribution in [3.05, 3.63) is 130 Å². The fraction of sp³-hybridized carbons (Fsp3) is 0.429. The highest BCUT2D eigenvalue weighted by atomic mass is 15.1. The van der Waals surface area contributed by atoms with Crippen LogP contribution in [0.15, 0.2) is 91.3 Å². The third-order valence-corrected chi connectivity index (χ3v) is 15.3. The van der Waals surface area contributed by atoms with E-state index in [1.54, 1.807) is 33.4 Å². The molecule has 0 amide bonds. The predicted molar refractivity (Wildman–Crippen MR) is 206 cm³/mol. The average molecular weight is 669 g/mol. The van der Waals surface area contributed by atoms with E-state index < -0.39 is 0 Å². The molecule has 6 bridgehead atoms. The molecular formula is C49H52N2+2. The van der Waals surface area contributed by atoms with E-state index in [9.17, 15) is 0 Å². The summed E-state index contributed by atoms with van der Waals surface area (Å²) in [6.07, 6.45) is 15.4. The Hall–Kier alpha value is -4.04. The topological polar surface area (TPSA) is 7.76 Å². The van der Waals surface area contributed by atoms with Crippen LogP contribution in [0.3, 0.4) is 0 Å². The lowest BCUT2D eigenvalue weighted by molar-refractivity contribution is -0.749. The Labute approximate surface area is 304 Å². The van der Waals surface area contributed by atoms with Crippen molar-refractivity contribution in [2.75, 3.05) is 0 Å². The van der Waals surface area contributed by atoms with Crippen LogP contribution < -0.4 is 9.13 Å². The summed E-state index contributed by atoms with van der Waals surface area (Å²) >= 11 is 0. The fourth-order valence-corrected chi connectivity index (χ4v) is 12.3. The Bertz CT molecular complexity index is 2280. The zero-order valence-corrected chi connectivity index (χ0v) is 31.2. The van der Waals surface area contributed by atoms with Gasteiger partial charge in [-0.15, -0.1) is 0 Å². The first-order valence-electron chi connectivity index (χ1n) is 20.2. The van der Waals surface area contributed by atoms with Crippen LogP contribution in [-0.4, -0.2) is 0 Å². The van der Waals surface area contributed by atoms with E-state index in [4.69, 9.17) is 0 Å². The molecule has 0 radical (unpaired) electrons. The molecule has 3 aromatic carbocycles. The van der Waals surface area contributed by atoms with Crippen molar-refractivity contribution in [3.63, 3.8) is 0 Å². The van der Waals surface area contributed by atoms with E-state index >= 15 is 0 Å². The van der Waals surface area contributed by atoms with Crippen LogP contribution in [0.4, 0.5) is 0 Å². The summed E-state index contributed by atoms with van der Waals surface area (Å²) in [5.41, 5.74) is 19.7. The second-order valence-electron chi connectivity index (χ2n) is 18.7. The number of benzene rings is 3. The Morgan fingerprint density at radius 1 is 0.627 bits per heavy atom. The standard InChI is InChI=1S/C49H52N2/c1-6-49-26-30-11-13-31(14-12-30)34-19-20-37(41(49)23-34)45-25-42-43(48(4,5)22-21-47(42,2)3)29-51(45)46(49)40-28-50-27-39-33-17-15-32(16-18-33)38(39)24-44(50)36-10-8-7-9-35(36)40/h7-14,19-20,23-25,27,29,32-33,40,46H,6,15-18,21-22,26,28H2,1-5H3/q+2. The molecule has 3 unspecified atom stereocenters. The zero-order valence-electron chi connectivity index (χ0n) is 31.2. The van der Waals surface area contributed by atoms with Gasteiger partial charge in [0.2, 0.25) is 11.4 Å². The Morgan fingerprint density at radius 2 is 1.33 bits per heavy atom. The highest BCUT2D eigenvalue weighted by Crippen LogP contribution is 2.57. The van der Waals surface area contributed by atoms with Crippen LogP contribution >= 0.6 is 0 Å². The Balaban J connectivity index is 1.21. The van der Waals surface area contributed by atoms with Gasteiger partial charge in [0.15, 0.2) is 25.0 Å². The molecule has 0 N–H and O–H groups in total. The monoisotopic (exact) mass is 668 g/mol. The molecule has 2 nitrogen and oxygen atoms in total. The summed E-state index contributed by atoms with van der Waals surface area (Å²) in [6.45, 7) is 13.5. The second kappa shape index (κ2) is 10.3. The first kappa shape index (κ1) is 30.6. The number of hydrogen-bond acceptors (Lipinski definition) is 0. The van der Waals surface area contributed by atoms with Crippen molar-refractivity contribution in [2.24, 2.45) is 0 Å². The van der Waals surface area contributed by atoms with Gasteiger partial charge in [0.1, 0.15) is 5.92 Å². The molecule has 5 aromatic rings. The van der Waals surface area contributed by atoms with Gasteiger partial charge in [-0.3, -0.25) is 0 Å². The van der Waals surface area contributed by atoms with Crippen LogP contribution in [0, 0.1) is 0 Å². The number of aromatic nitrogens is 2. The molecule has 0 spiro atoms. The first-order valence-corrected chi connectivity index (χ1v) is 20.2. The molecule has 51 heavy (non-hydrogen) atoms. The van der Waals surface area contributed by atoms with Crippen LogP contribution in [-0.2, 0) is 29.2 Å². The fourth-order valence-electron chi connectivity index (χ4n) is 12.3. The van der Waals surface area contributed by atoms with Gasteiger partial charge < -0.3 is 0 Å². The van der Waals surface area contributed by atoms with E-state index in [0.717, 1.165) is 31.2 Å². The maximum atomic E-state index is 2.85. The first-order chi connectivity index (χ1) is 24.6. The number of hydrogen-bond donors (Lipinski definition) is 0. The van der Waals surface area contributed by atoms with E-state index in [-0.39, 0.29) is 22.3 Å². The van der Waals surface area contributed by atoms with Gasteiger partial charge in [-0.05, 0) is 131 Å². The van der Waals surface area contributed by atoms with Gasteiger partial charge in [-0.25, -0.2) is 0 Å². The van der Waals surface area contributed by atoms with E-state index in [2.05, 4.69) is 135 Å². The van der Waals surface area contributed by atoms with Gasteiger partial charge in [-0.2, -0.15) is 9.13 Å². The number of nitrogens with zero attached hydrogens (tertiary/aromatic N) is 2. The normalized spacial score (nSPS) is 27.9. The zero-order chi connectivity index (χ0) is 34.4.